The van der Waals surface area contributed by atoms with E-state index >= 15 is 0 Å². The fraction of sp³-hybridized carbons (Fsp3) is 0.188. The lowest BCUT2D eigenvalue weighted by Gasteiger charge is -2.09. The number of benzene rings is 1. The molecule has 0 bridgehead atoms. The molecule has 5 nitrogen and oxygen atoms in total. The van der Waals surface area contributed by atoms with Crippen LogP contribution in [-0.2, 0) is 11.3 Å². The van der Waals surface area contributed by atoms with Crippen LogP contribution in [0.2, 0.25) is 0 Å². The van der Waals surface area contributed by atoms with Crippen molar-refractivity contribution in [2.75, 3.05) is 0 Å². The van der Waals surface area contributed by atoms with E-state index in [1.54, 1.807) is 19.1 Å². The molecule has 1 unspecified atom stereocenters. The average molecular weight is 363 g/mol. The van der Waals surface area contributed by atoms with Crippen molar-refractivity contribution < 1.29 is 13.6 Å². The first-order valence-corrected chi connectivity index (χ1v) is 8.94. The number of nitrogens with one attached hydrogen (secondary N) is 1. The van der Waals surface area contributed by atoms with Gasteiger partial charge in [0.1, 0.15) is 5.82 Å². The molecule has 2 heterocycles. The highest BCUT2D eigenvalue weighted by Gasteiger charge is 2.18. The van der Waals surface area contributed by atoms with Crippen molar-refractivity contribution in [1.82, 2.24) is 15.5 Å². The van der Waals surface area contributed by atoms with E-state index in [1.165, 1.54) is 35.2 Å². The van der Waals surface area contributed by atoms with Crippen LogP contribution in [0.15, 0.2) is 51.4 Å². The SMILES string of the molecule is CC(Sc1nnc(-c2cccs2)o1)C(=O)NCc1ccc(F)cc1. The number of halogens is 1. The minimum Gasteiger partial charge on any atom is -0.410 e. The van der Waals surface area contributed by atoms with Gasteiger partial charge in [-0.05, 0) is 36.1 Å². The second kappa shape index (κ2) is 7.59. The summed E-state index contributed by atoms with van der Waals surface area (Å²) in [6.07, 6.45) is 0. The zero-order chi connectivity index (χ0) is 16.9. The van der Waals surface area contributed by atoms with E-state index in [2.05, 4.69) is 15.5 Å². The summed E-state index contributed by atoms with van der Waals surface area (Å²) in [5, 5.41) is 12.6. The number of aromatic nitrogens is 2. The van der Waals surface area contributed by atoms with E-state index in [0.717, 1.165) is 10.4 Å². The lowest BCUT2D eigenvalue weighted by atomic mass is 10.2. The number of hydrogen-bond acceptors (Lipinski definition) is 6. The number of hydrogen-bond donors (Lipinski definition) is 1. The number of carbonyl (C=O) groups excluding carboxylic acids is 1. The standard InChI is InChI=1S/C16H14FN3O2S2/c1-10(14(21)18-9-11-4-6-12(17)7-5-11)24-16-20-19-15(22-16)13-3-2-8-23-13/h2-8,10H,9H2,1H3,(H,18,21). The van der Waals surface area contributed by atoms with Crippen molar-refractivity contribution in [3.05, 3.63) is 53.2 Å². The minimum absolute atomic E-state index is 0.153. The quantitative estimate of drug-likeness (QED) is 0.676. The van der Waals surface area contributed by atoms with Crippen LogP contribution in [0.1, 0.15) is 12.5 Å². The van der Waals surface area contributed by atoms with Gasteiger partial charge in [-0.15, -0.1) is 21.5 Å². The average Bonchev–Trinajstić information content (AvgIpc) is 3.25. The van der Waals surface area contributed by atoms with Crippen molar-refractivity contribution in [2.24, 2.45) is 0 Å². The zero-order valence-corrected chi connectivity index (χ0v) is 14.4. The fourth-order valence-electron chi connectivity index (χ4n) is 1.90. The van der Waals surface area contributed by atoms with Crippen LogP contribution in [0.5, 0.6) is 0 Å². The van der Waals surface area contributed by atoms with Gasteiger partial charge in [0.2, 0.25) is 5.91 Å². The Bertz CT molecular complexity index is 803. The monoisotopic (exact) mass is 363 g/mol. The number of thioether (sulfide) groups is 1. The topological polar surface area (TPSA) is 68.0 Å². The van der Waals surface area contributed by atoms with Crippen molar-refractivity contribution in [2.45, 2.75) is 23.9 Å². The number of amides is 1. The third-order valence-electron chi connectivity index (χ3n) is 3.17. The molecule has 1 amide bonds. The summed E-state index contributed by atoms with van der Waals surface area (Å²) in [5.74, 6) is -0.00134. The largest absolute Gasteiger partial charge is 0.410 e. The summed E-state index contributed by atoms with van der Waals surface area (Å²) < 4.78 is 18.4. The molecule has 8 heteroatoms. The molecule has 1 aromatic carbocycles. The maximum atomic E-state index is 12.8. The summed E-state index contributed by atoms with van der Waals surface area (Å²) in [6, 6.07) is 9.81. The summed E-state index contributed by atoms with van der Waals surface area (Å²) in [7, 11) is 0. The van der Waals surface area contributed by atoms with Gasteiger partial charge in [0.25, 0.3) is 11.1 Å². The summed E-state index contributed by atoms with van der Waals surface area (Å²) in [5.41, 5.74) is 0.833. The van der Waals surface area contributed by atoms with Crippen molar-refractivity contribution >= 4 is 29.0 Å². The van der Waals surface area contributed by atoms with Gasteiger partial charge in [0.05, 0.1) is 10.1 Å². The lowest BCUT2D eigenvalue weighted by molar-refractivity contribution is -0.120. The van der Waals surface area contributed by atoms with Gasteiger partial charge in [0.15, 0.2) is 0 Å². The van der Waals surface area contributed by atoms with Gasteiger partial charge in [0, 0.05) is 6.54 Å². The Balaban J connectivity index is 1.53. The molecule has 1 N–H and O–H groups in total. The molecule has 1 atom stereocenters. The Labute approximate surface area is 146 Å². The van der Waals surface area contributed by atoms with Gasteiger partial charge >= 0.3 is 0 Å². The zero-order valence-electron chi connectivity index (χ0n) is 12.7. The lowest BCUT2D eigenvalue weighted by Crippen LogP contribution is -2.30. The second-order valence-electron chi connectivity index (χ2n) is 4.95. The molecule has 3 rings (SSSR count). The van der Waals surface area contributed by atoms with Gasteiger partial charge in [-0.2, -0.15) is 0 Å². The Morgan fingerprint density at radius 1 is 1.33 bits per heavy atom. The number of rotatable bonds is 6. The number of nitrogens with zero attached hydrogens (tertiary/aromatic N) is 2. The molecule has 0 spiro atoms. The molecule has 3 aromatic rings. The van der Waals surface area contributed by atoms with Gasteiger partial charge in [-0.1, -0.05) is 30.0 Å². The van der Waals surface area contributed by atoms with E-state index in [1.807, 2.05) is 17.5 Å². The van der Waals surface area contributed by atoms with Crippen LogP contribution in [0.25, 0.3) is 10.8 Å². The molecule has 124 valence electrons. The van der Waals surface area contributed by atoms with Gasteiger partial charge in [-0.3, -0.25) is 4.79 Å². The predicted octanol–water partition coefficient (Wildman–Crippen LogP) is 3.73. The van der Waals surface area contributed by atoms with Crippen molar-refractivity contribution in [1.29, 1.82) is 0 Å². The Morgan fingerprint density at radius 2 is 2.12 bits per heavy atom. The molecule has 0 aliphatic rings. The van der Waals surface area contributed by atoms with Crippen molar-refractivity contribution in [3.63, 3.8) is 0 Å². The molecule has 0 saturated carbocycles. The summed E-state index contributed by atoms with van der Waals surface area (Å²) >= 11 is 2.71. The number of carbonyl (C=O) groups is 1. The molecule has 0 aliphatic heterocycles. The first kappa shape index (κ1) is 16.7. The molecule has 0 fully saturated rings. The normalized spacial score (nSPS) is 12.1. The first-order chi connectivity index (χ1) is 11.6. The Morgan fingerprint density at radius 3 is 2.83 bits per heavy atom. The Hall–Kier alpha value is -2.19. The van der Waals surface area contributed by atoms with E-state index in [4.69, 9.17) is 4.42 Å². The molecule has 0 saturated heterocycles. The molecule has 24 heavy (non-hydrogen) atoms. The highest BCUT2D eigenvalue weighted by Crippen LogP contribution is 2.28. The molecule has 2 aromatic heterocycles. The van der Waals surface area contributed by atoms with E-state index in [0.29, 0.717) is 17.7 Å². The van der Waals surface area contributed by atoms with Crippen LogP contribution >= 0.6 is 23.1 Å². The highest BCUT2D eigenvalue weighted by molar-refractivity contribution is 8.00. The van der Waals surface area contributed by atoms with Gasteiger partial charge < -0.3 is 9.73 Å². The Kier molecular flexibility index (Phi) is 5.27. The maximum absolute atomic E-state index is 12.8. The minimum atomic E-state index is -0.387. The third kappa shape index (κ3) is 4.21. The van der Waals surface area contributed by atoms with Crippen LogP contribution in [0.3, 0.4) is 0 Å². The fourth-order valence-corrected chi connectivity index (χ4v) is 3.25. The second-order valence-corrected chi connectivity index (χ2v) is 7.19. The first-order valence-electron chi connectivity index (χ1n) is 7.18. The van der Waals surface area contributed by atoms with Crippen LogP contribution in [0.4, 0.5) is 4.39 Å². The maximum Gasteiger partial charge on any atom is 0.277 e. The highest BCUT2D eigenvalue weighted by atomic mass is 32.2. The van der Waals surface area contributed by atoms with Crippen LogP contribution < -0.4 is 5.32 Å². The molecule has 0 aliphatic carbocycles. The summed E-state index contributed by atoms with van der Waals surface area (Å²) in [6.45, 7) is 2.11. The van der Waals surface area contributed by atoms with Crippen LogP contribution in [-0.4, -0.2) is 21.4 Å². The smallest absolute Gasteiger partial charge is 0.277 e. The van der Waals surface area contributed by atoms with Crippen molar-refractivity contribution in [3.8, 4) is 10.8 Å². The molecule has 0 radical (unpaired) electrons. The van der Waals surface area contributed by atoms with Crippen LogP contribution in [0, 0.1) is 5.82 Å². The molecular weight excluding hydrogens is 349 g/mol. The van der Waals surface area contributed by atoms with E-state index < -0.39 is 0 Å². The van der Waals surface area contributed by atoms with E-state index in [-0.39, 0.29) is 17.0 Å². The molecular formula is C16H14FN3O2S2. The summed E-state index contributed by atoms with van der Waals surface area (Å²) in [4.78, 5) is 13.0. The van der Waals surface area contributed by atoms with Gasteiger partial charge in [-0.25, -0.2) is 4.39 Å². The van der Waals surface area contributed by atoms with E-state index in [9.17, 15) is 9.18 Å². The number of thiophene rings is 1. The third-order valence-corrected chi connectivity index (χ3v) is 4.96. The predicted molar refractivity (Wildman–Crippen MR) is 91.2 cm³/mol.